The molecule has 3 rings (SSSR count). The molecule has 1 atom stereocenters. The fraction of sp³-hybridized carbons (Fsp3) is 0.158. The van der Waals surface area contributed by atoms with Crippen molar-refractivity contribution >= 4 is 34.9 Å². The average Bonchev–Trinajstić information content (AvgIpc) is 2.74. The molecule has 0 spiro atoms. The molecule has 2 aromatic carbocycles. The Hall–Kier alpha value is -3.59. The summed E-state index contributed by atoms with van der Waals surface area (Å²) in [6.07, 6.45) is -0.194. The number of anilines is 1. The monoisotopic (exact) mass is 418 g/mol. The normalized spacial score (nSPS) is 13.9. The van der Waals surface area contributed by atoms with Crippen LogP contribution >= 0.6 is 11.6 Å². The molecule has 10 heteroatoms. The van der Waals surface area contributed by atoms with Crippen LogP contribution in [0.2, 0.25) is 5.02 Å². The van der Waals surface area contributed by atoms with Gasteiger partial charge in [-0.3, -0.25) is 14.9 Å². The maximum absolute atomic E-state index is 12.8. The van der Waals surface area contributed by atoms with Crippen LogP contribution in [0, 0.1) is 10.1 Å². The zero-order chi connectivity index (χ0) is 20.8. The Kier molecular flexibility index (Phi) is 6.30. The molecular weight excluding hydrogens is 404 g/mol. The van der Waals surface area contributed by atoms with E-state index < -0.39 is 22.9 Å². The number of carbonyl (C=O) groups excluding carboxylic acids is 2. The second kappa shape index (κ2) is 9.07. The lowest BCUT2D eigenvalue weighted by Gasteiger charge is -2.20. The number of nitrogens with one attached hydrogen (secondary N) is 1. The molecule has 0 saturated heterocycles. The van der Waals surface area contributed by atoms with E-state index in [1.54, 1.807) is 30.3 Å². The fourth-order valence-corrected chi connectivity index (χ4v) is 2.68. The SMILES string of the molecule is O=C(O[C@H](C(=O)Nc1ccc([N+](=O)[O-])cc1Cl)c1ccccc1)C1=COCCO1. The second-order valence-corrected chi connectivity index (χ2v) is 6.22. The summed E-state index contributed by atoms with van der Waals surface area (Å²) in [6.45, 7) is 0.486. The van der Waals surface area contributed by atoms with Gasteiger partial charge >= 0.3 is 5.97 Å². The molecule has 1 aliphatic heterocycles. The van der Waals surface area contributed by atoms with Gasteiger partial charge < -0.3 is 19.5 Å². The van der Waals surface area contributed by atoms with Crippen molar-refractivity contribution < 1.29 is 28.7 Å². The number of nitrogens with zero attached hydrogens (tertiary/aromatic N) is 1. The summed E-state index contributed by atoms with van der Waals surface area (Å²) in [5.41, 5.74) is 0.324. The van der Waals surface area contributed by atoms with Crippen molar-refractivity contribution in [2.24, 2.45) is 0 Å². The highest BCUT2D eigenvalue weighted by Crippen LogP contribution is 2.29. The molecule has 0 unspecified atom stereocenters. The van der Waals surface area contributed by atoms with Crippen LogP contribution in [0.5, 0.6) is 0 Å². The van der Waals surface area contributed by atoms with Gasteiger partial charge in [-0.05, 0) is 6.07 Å². The first-order valence-corrected chi connectivity index (χ1v) is 8.79. The highest BCUT2D eigenvalue weighted by Gasteiger charge is 2.29. The lowest BCUT2D eigenvalue weighted by atomic mass is 10.1. The number of amides is 1. The summed E-state index contributed by atoms with van der Waals surface area (Å²) < 4.78 is 15.5. The number of esters is 1. The first kappa shape index (κ1) is 20.2. The molecule has 0 radical (unpaired) electrons. The summed E-state index contributed by atoms with van der Waals surface area (Å²) in [4.78, 5) is 35.4. The summed E-state index contributed by atoms with van der Waals surface area (Å²) in [7, 11) is 0. The number of nitro groups is 1. The van der Waals surface area contributed by atoms with Gasteiger partial charge in [-0.1, -0.05) is 41.9 Å². The predicted molar refractivity (Wildman–Crippen MR) is 102 cm³/mol. The highest BCUT2D eigenvalue weighted by molar-refractivity contribution is 6.34. The Morgan fingerprint density at radius 2 is 1.93 bits per heavy atom. The molecule has 0 aromatic heterocycles. The van der Waals surface area contributed by atoms with Gasteiger partial charge in [0.05, 0.1) is 15.6 Å². The van der Waals surface area contributed by atoms with Crippen LogP contribution < -0.4 is 5.32 Å². The van der Waals surface area contributed by atoms with E-state index in [0.717, 1.165) is 12.3 Å². The molecule has 1 heterocycles. The highest BCUT2D eigenvalue weighted by atomic mass is 35.5. The molecule has 2 aromatic rings. The van der Waals surface area contributed by atoms with E-state index in [9.17, 15) is 19.7 Å². The van der Waals surface area contributed by atoms with Gasteiger partial charge in [0.2, 0.25) is 11.9 Å². The van der Waals surface area contributed by atoms with Gasteiger partial charge in [-0.25, -0.2) is 4.79 Å². The molecule has 0 fully saturated rings. The molecule has 1 amide bonds. The van der Waals surface area contributed by atoms with Crippen molar-refractivity contribution in [3.8, 4) is 0 Å². The van der Waals surface area contributed by atoms with Crippen LogP contribution in [-0.4, -0.2) is 30.0 Å². The average molecular weight is 419 g/mol. The number of rotatable bonds is 6. The van der Waals surface area contributed by atoms with Crippen LogP contribution in [0.1, 0.15) is 11.7 Å². The maximum atomic E-state index is 12.8. The van der Waals surface area contributed by atoms with E-state index in [1.165, 1.54) is 12.1 Å². The van der Waals surface area contributed by atoms with Crippen LogP contribution in [0.15, 0.2) is 60.6 Å². The van der Waals surface area contributed by atoms with E-state index in [-0.39, 0.29) is 28.8 Å². The molecule has 150 valence electrons. The van der Waals surface area contributed by atoms with Crippen molar-refractivity contribution in [2.75, 3.05) is 18.5 Å². The summed E-state index contributed by atoms with van der Waals surface area (Å²) in [5.74, 6) is -1.72. The molecule has 0 bridgehead atoms. The second-order valence-electron chi connectivity index (χ2n) is 5.81. The van der Waals surface area contributed by atoms with Gasteiger partial charge in [0, 0.05) is 17.7 Å². The van der Waals surface area contributed by atoms with Crippen molar-refractivity contribution in [1.29, 1.82) is 0 Å². The molecular formula is C19H15ClN2O7. The van der Waals surface area contributed by atoms with Crippen molar-refractivity contribution in [3.63, 3.8) is 0 Å². The quantitative estimate of drug-likeness (QED) is 0.434. The standard InChI is InChI=1S/C19H15ClN2O7/c20-14-10-13(22(25)26)6-7-15(14)21-18(23)17(12-4-2-1-3-5-12)29-19(24)16-11-27-8-9-28-16/h1-7,10-11,17H,8-9H2,(H,21,23)/t17-/m0/s1. The summed E-state index contributed by atoms with van der Waals surface area (Å²) in [6, 6.07) is 11.9. The molecule has 0 aliphatic carbocycles. The lowest BCUT2D eigenvalue weighted by Crippen LogP contribution is -2.27. The third kappa shape index (κ3) is 5.02. The number of halogens is 1. The zero-order valence-electron chi connectivity index (χ0n) is 14.9. The molecule has 1 N–H and O–H groups in total. The lowest BCUT2D eigenvalue weighted by molar-refractivity contribution is -0.384. The Morgan fingerprint density at radius 3 is 2.55 bits per heavy atom. The van der Waals surface area contributed by atoms with Gasteiger partial charge in [0.15, 0.2) is 0 Å². The van der Waals surface area contributed by atoms with Gasteiger partial charge in [-0.2, -0.15) is 0 Å². The first-order chi connectivity index (χ1) is 14.0. The number of carbonyl (C=O) groups is 2. The van der Waals surface area contributed by atoms with Crippen LogP contribution in [0.3, 0.4) is 0 Å². The van der Waals surface area contributed by atoms with Crippen LogP contribution in [-0.2, 0) is 23.8 Å². The minimum Gasteiger partial charge on any atom is -0.493 e. The largest absolute Gasteiger partial charge is 0.493 e. The third-order valence-corrected chi connectivity index (χ3v) is 4.15. The number of ether oxygens (including phenoxy) is 3. The van der Waals surface area contributed by atoms with E-state index >= 15 is 0 Å². The molecule has 9 nitrogen and oxygen atoms in total. The molecule has 0 saturated carbocycles. The number of hydrogen-bond acceptors (Lipinski definition) is 7. The first-order valence-electron chi connectivity index (χ1n) is 8.41. The minimum absolute atomic E-state index is 0.0302. The fourth-order valence-electron chi connectivity index (χ4n) is 2.46. The van der Waals surface area contributed by atoms with E-state index in [1.807, 2.05) is 0 Å². The summed E-state index contributed by atoms with van der Waals surface area (Å²) >= 11 is 6.02. The number of nitro benzene ring substituents is 1. The van der Waals surface area contributed by atoms with Crippen LogP contribution in [0.4, 0.5) is 11.4 Å². The third-order valence-electron chi connectivity index (χ3n) is 3.84. The van der Waals surface area contributed by atoms with E-state index in [2.05, 4.69) is 5.32 Å². The van der Waals surface area contributed by atoms with Crippen molar-refractivity contribution in [1.82, 2.24) is 0 Å². The Balaban J connectivity index is 1.82. The predicted octanol–water partition coefficient (Wildman–Crippen LogP) is 3.36. The Labute approximate surface area is 170 Å². The minimum atomic E-state index is -1.32. The van der Waals surface area contributed by atoms with E-state index in [4.69, 9.17) is 25.8 Å². The van der Waals surface area contributed by atoms with E-state index in [0.29, 0.717) is 12.2 Å². The molecule has 1 aliphatic rings. The van der Waals surface area contributed by atoms with Crippen molar-refractivity contribution in [3.05, 3.63) is 81.3 Å². The Bertz CT molecular complexity index is 962. The Morgan fingerprint density at radius 1 is 1.17 bits per heavy atom. The summed E-state index contributed by atoms with van der Waals surface area (Å²) in [5, 5.41) is 13.3. The smallest absolute Gasteiger partial charge is 0.378 e. The topological polar surface area (TPSA) is 117 Å². The number of non-ortho nitro benzene ring substituents is 1. The number of hydrogen-bond donors (Lipinski definition) is 1. The van der Waals surface area contributed by atoms with Gasteiger partial charge in [0.1, 0.15) is 19.5 Å². The molecule has 29 heavy (non-hydrogen) atoms. The zero-order valence-corrected chi connectivity index (χ0v) is 15.6. The number of benzene rings is 2. The van der Waals surface area contributed by atoms with Crippen molar-refractivity contribution in [2.45, 2.75) is 6.10 Å². The van der Waals surface area contributed by atoms with Gasteiger partial charge in [0.25, 0.3) is 11.6 Å². The van der Waals surface area contributed by atoms with Gasteiger partial charge in [-0.15, -0.1) is 0 Å². The van der Waals surface area contributed by atoms with Crippen LogP contribution in [0.25, 0.3) is 0 Å². The maximum Gasteiger partial charge on any atom is 0.378 e.